The highest BCUT2D eigenvalue weighted by molar-refractivity contribution is 6.00. The van der Waals surface area contributed by atoms with Crippen molar-refractivity contribution in [3.05, 3.63) is 89.6 Å². The molecule has 2 unspecified atom stereocenters. The SMILES string of the molecule is O=C(c1cc(OCc2ccccc2)c2cc[nH]c2c1)N1CC2C(C1)[C@@H]1CN(C(=O)c3ccc4[nH]nnc4c3)C[C@H]21. The van der Waals surface area contributed by atoms with Gasteiger partial charge in [-0.2, -0.15) is 0 Å². The molecule has 2 N–H and O–H groups in total. The summed E-state index contributed by atoms with van der Waals surface area (Å²) in [4.78, 5) is 34.2. The smallest absolute Gasteiger partial charge is 0.254 e. The Bertz CT molecular complexity index is 1740. The number of aromatic nitrogens is 4. The first kappa shape index (κ1) is 23.2. The van der Waals surface area contributed by atoms with Crippen molar-refractivity contribution in [3.8, 4) is 5.75 Å². The minimum Gasteiger partial charge on any atom is -0.488 e. The molecule has 2 saturated heterocycles. The van der Waals surface area contributed by atoms with Crippen LogP contribution in [0.25, 0.3) is 21.9 Å². The molecule has 9 nitrogen and oxygen atoms in total. The molecule has 8 rings (SSSR count). The number of carbonyl (C=O) groups is 2. The largest absolute Gasteiger partial charge is 0.488 e. The van der Waals surface area contributed by atoms with Crippen LogP contribution in [0.2, 0.25) is 0 Å². The van der Waals surface area contributed by atoms with E-state index in [-0.39, 0.29) is 11.8 Å². The number of amides is 2. The molecule has 3 fully saturated rings. The quantitative estimate of drug-likeness (QED) is 0.354. The van der Waals surface area contributed by atoms with E-state index in [4.69, 9.17) is 4.74 Å². The maximum absolute atomic E-state index is 13.7. The predicted octanol–water partition coefficient (Wildman–Crippen LogP) is 4.11. The van der Waals surface area contributed by atoms with Crippen LogP contribution in [0.4, 0.5) is 0 Å². The van der Waals surface area contributed by atoms with E-state index in [2.05, 4.69) is 20.4 Å². The number of H-pyrrole nitrogens is 2. The zero-order valence-corrected chi connectivity index (χ0v) is 21.8. The van der Waals surface area contributed by atoms with Gasteiger partial charge in [-0.15, -0.1) is 5.10 Å². The second-order valence-electron chi connectivity index (χ2n) is 11.3. The Labute approximate surface area is 230 Å². The lowest BCUT2D eigenvalue weighted by molar-refractivity contribution is 0.0629. The van der Waals surface area contributed by atoms with Crippen LogP contribution in [0, 0.1) is 23.7 Å². The summed E-state index contributed by atoms with van der Waals surface area (Å²) in [5.74, 6) is 2.56. The van der Waals surface area contributed by atoms with Crippen LogP contribution in [-0.4, -0.2) is 68.2 Å². The predicted molar refractivity (Wildman–Crippen MR) is 149 cm³/mol. The van der Waals surface area contributed by atoms with E-state index < -0.39 is 0 Å². The maximum Gasteiger partial charge on any atom is 0.254 e. The number of hydrogen-bond donors (Lipinski definition) is 2. The highest BCUT2D eigenvalue weighted by Crippen LogP contribution is 2.54. The molecule has 200 valence electrons. The van der Waals surface area contributed by atoms with Crippen molar-refractivity contribution < 1.29 is 14.3 Å². The Kier molecular flexibility index (Phi) is 5.20. The van der Waals surface area contributed by atoms with Gasteiger partial charge in [-0.3, -0.25) is 14.7 Å². The average molecular weight is 533 g/mol. The molecule has 0 bridgehead atoms. The molecule has 2 amide bonds. The van der Waals surface area contributed by atoms with Crippen molar-refractivity contribution in [1.82, 2.24) is 30.2 Å². The summed E-state index contributed by atoms with van der Waals surface area (Å²) in [6, 6.07) is 21.3. The molecule has 3 aromatic carbocycles. The van der Waals surface area contributed by atoms with Crippen molar-refractivity contribution in [2.45, 2.75) is 6.61 Å². The fraction of sp³-hybridized carbons (Fsp3) is 0.290. The molecule has 9 heteroatoms. The summed E-state index contributed by atoms with van der Waals surface area (Å²) in [5.41, 5.74) is 4.79. The lowest BCUT2D eigenvalue weighted by atomic mass is 9.60. The lowest BCUT2D eigenvalue weighted by Crippen LogP contribution is -2.44. The lowest BCUT2D eigenvalue weighted by Gasteiger charge is -2.42. The second-order valence-corrected chi connectivity index (χ2v) is 11.3. The van der Waals surface area contributed by atoms with Gasteiger partial charge in [0.15, 0.2) is 0 Å². The van der Waals surface area contributed by atoms with E-state index in [1.165, 1.54) is 0 Å². The van der Waals surface area contributed by atoms with Crippen molar-refractivity contribution in [1.29, 1.82) is 0 Å². The van der Waals surface area contributed by atoms with Gasteiger partial charge < -0.3 is 19.5 Å². The van der Waals surface area contributed by atoms with Crippen molar-refractivity contribution >= 4 is 33.8 Å². The Morgan fingerprint density at radius 2 is 1.50 bits per heavy atom. The van der Waals surface area contributed by atoms with Gasteiger partial charge in [-0.05, 0) is 65.6 Å². The first-order chi connectivity index (χ1) is 19.6. The molecule has 0 radical (unpaired) electrons. The molecule has 0 spiro atoms. The van der Waals surface area contributed by atoms with Gasteiger partial charge in [0.05, 0.1) is 5.52 Å². The summed E-state index contributed by atoms with van der Waals surface area (Å²) in [6.45, 7) is 3.41. The normalized spacial score (nSPS) is 23.3. The Morgan fingerprint density at radius 3 is 2.23 bits per heavy atom. The number of carbonyl (C=O) groups excluding carboxylic acids is 2. The zero-order valence-electron chi connectivity index (χ0n) is 21.8. The highest BCUT2D eigenvalue weighted by atomic mass is 16.5. The molecule has 1 aliphatic carbocycles. The maximum atomic E-state index is 13.7. The topological polar surface area (TPSA) is 107 Å². The van der Waals surface area contributed by atoms with Gasteiger partial charge in [0.25, 0.3) is 11.8 Å². The minimum atomic E-state index is 0.0439. The van der Waals surface area contributed by atoms with Gasteiger partial charge >= 0.3 is 0 Å². The van der Waals surface area contributed by atoms with Crippen LogP contribution in [0.1, 0.15) is 26.3 Å². The van der Waals surface area contributed by atoms with Crippen LogP contribution in [-0.2, 0) is 6.61 Å². The van der Waals surface area contributed by atoms with Gasteiger partial charge in [-0.1, -0.05) is 35.5 Å². The molecule has 4 heterocycles. The molecule has 5 aromatic rings. The van der Waals surface area contributed by atoms with Crippen LogP contribution in [0.15, 0.2) is 72.9 Å². The van der Waals surface area contributed by atoms with Crippen LogP contribution in [0.3, 0.4) is 0 Å². The number of benzene rings is 3. The molecular weight excluding hydrogens is 504 g/mol. The first-order valence-corrected chi connectivity index (χ1v) is 13.8. The van der Waals surface area contributed by atoms with Crippen LogP contribution < -0.4 is 4.74 Å². The fourth-order valence-electron chi connectivity index (χ4n) is 7.16. The summed E-state index contributed by atoms with van der Waals surface area (Å²) >= 11 is 0. The fourth-order valence-corrected chi connectivity index (χ4v) is 7.16. The molecule has 3 aliphatic rings. The van der Waals surface area contributed by atoms with Crippen molar-refractivity contribution in [3.63, 3.8) is 0 Å². The van der Waals surface area contributed by atoms with Crippen LogP contribution >= 0.6 is 0 Å². The summed E-state index contributed by atoms with van der Waals surface area (Å²) in [6.07, 6.45) is 1.88. The van der Waals surface area contributed by atoms with Gasteiger partial charge in [0.2, 0.25) is 0 Å². The average Bonchev–Trinajstić information content (AvgIpc) is 3.78. The van der Waals surface area contributed by atoms with Gasteiger partial charge in [-0.25, -0.2) is 0 Å². The van der Waals surface area contributed by atoms with E-state index in [0.717, 1.165) is 48.2 Å². The Morgan fingerprint density at radius 1 is 0.800 bits per heavy atom. The number of hydrogen-bond acceptors (Lipinski definition) is 5. The van der Waals surface area contributed by atoms with Gasteiger partial charge in [0.1, 0.15) is 17.9 Å². The standard InChI is InChI=1S/C31H28N6O3/c38-30(19-6-7-26-28(10-19)34-35-33-26)36-13-22-23(14-36)25-16-37(15-24(22)25)31(39)20-11-27-21(8-9-32-27)29(12-20)40-17-18-4-2-1-3-5-18/h1-12,22-25,32H,13-17H2,(H,33,34,35)/t22-,23+,24?,25?. The van der Waals surface area contributed by atoms with E-state index in [9.17, 15) is 9.59 Å². The minimum absolute atomic E-state index is 0.0439. The van der Waals surface area contributed by atoms with E-state index in [1.807, 2.05) is 76.7 Å². The highest BCUT2D eigenvalue weighted by Gasteiger charge is 2.59. The van der Waals surface area contributed by atoms with Crippen molar-refractivity contribution in [2.75, 3.05) is 26.2 Å². The number of nitrogens with zero attached hydrogens (tertiary/aromatic N) is 4. The summed E-state index contributed by atoms with van der Waals surface area (Å²) in [7, 11) is 0. The molecule has 2 aliphatic heterocycles. The van der Waals surface area contributed by atoms with Crippen LogP contribution in [0.5, 0.6) is 5.75 Å². The second kappa shape index (κ2) is 8.94. The van der Waals surface area contributed by atoms with E-state index in [1.54, 1.807) is 6.07 Å². The van der Waals surface area contributed by atoms with E-state index in [0.29, 0.717) is 52.7 Å². The number of nitrogens with one attached hydrogen (secondary N) is 2. The summed E-state index contributed by atoms with van der Waals surface area (Å²) < 4.78 is 6.18. The van der Waals surface area contributed by atoms with Gasteiger partial charge in [0, 0.05) is 54.4 Å². The third-order valence-electron chi connectivity index (χ3n) is 9.19. The third-order valence-corrected chi connectivity index (χ3v) is 9.19. The number of ether oxygens (including phenoxy) is 1. The monoisotopic (exact) mass is 532 g/mol. The summed E-state index contributed by atoms with van der Waals surface area (Å²) in [5, 5.41) is 11.7. The number of aromatic amines is 2. The molecule has 2 aromatic heterocycles. The first-order valence-electron chi connectivity index (χ1n) is 13.8. The zero-order chi connectivity index (χ0) is 26.8. The number of likely N-dealkylation sites (tertiary alicyclic amines) is 2. The Hall–Kier alpha value is -4.66. The van der Waals surface area contributed by atoms with E-state index >= 15 is 0 Å². The molecule has 1 saturated carbocycles. The Balaban J connectivity index is 0.957. The molecular formula is C31H28N6O3. The molecule has 4 atom stereocenters. The molecule has 40 heavy (non-hydrogen) atoms. The number of rotatable bonds is 5. The third kappa shape index (κ3) is 3.68. The van der Waals surface area contributed by atoms with Crippen molar-refractivity contribution in [2.24, 2.45) is 23.7 Å². The number of fused-ring (bicyclic) bond motifs is 6.